The molecule has 1 rings (SSSR count). The molecule has 1 aromatic carbocycles. The molecule has 0 aliphatic rings. The van der Waals surface area contributed by atoms with Gasteiger partial charge in [0, 0.05) is 26.1 Å². The molecule has 0 fully saturated rings. The van der Waals surface area contributed by atoms with Crippen molar-refractivity contribution in [1.29, 1.82) is 5.26 Å². The van der Waals surface area contributed by atoms with Gasteiger partial charge in [-0.2, -0.15) is 5.26 Å². The monoisotopic (exact) mass is 218 g/mol. The van der Waals surface area contributed by atoms with E-state index < -0.39 is 0 Å². The zero-order valence-corrected chi connectivity index (χ0v) is 9.47. The van der Waals surface area contributed by atoms with Crippen molar-refractivity contribution in [3.05, 3.63) is 35.9 Å². The van der Waals surface area contributed by atoms with Crippen LogP contribution in [0.5, 0.6) is 0 Å². The van der Waals surface area contributed by atoms with Crippen LogP contribution in [0.15, 0.2) is 30.3 Å². The van der Waals surface area contributed by atoms with E-state index in [9.17, 15) is 0 Å². The Morgan fingerprint density at radius 1 is 1.12 bits per heavy atom. The maximum atomic E-state index is 8.91. The third-order valence-electron chi connectivity index (χ3n) is 2.52. The molecular weight excluding hydrogens is 200 g/mol. The summed E-state index contributed by atoms with van der Waals surface area (Å²) in [4.78, 5) is 2.12. The molecule has 0 aromatic heterocycles. The molecule has 0 heterocycles. The van der Waals surface area contributed by atoms with Gasteiger partial charge in [-0.25, -0.2) is 0 Å². The third kappa shape index (κ3) is 4.92. The van der Waals surface area contributed by atoms with Crippen molar-refractivity contribution in [3.8, 4) is 6.07 Å². The smallest absolute Gasteiger partial charge is 0.0635 e. The molecule has 16 heavy (non-hydrogen) atoms. The van der Waals surface area contributed by atoms with Crippen LogP contribution in [0.1, 0.15) is 12.0 Å². The predicted octanol–water partition coefficient (Wildman–Crippen LogP) is 1.44. The lowest BCUT2D eigenvalue weighted by Gasteiger charge is -2.19. The fraction of sp³-hybridized carbons (Fsp3) is 0.462. The van der Waals surface area contributed by atoms with Gasteiger partial charge in [0.15, 0.2) is 0 Å². The number of hydrogen-bond donors (Lipinski definition) is 1. The van der Waals surface area contributed by atoms with Crippen LogP contribution in [0.4, 0.5) is 0 Å². The van der Waals surface area contributed by atoms with Gasteiger partial charge in [-0.05, 0) is 12.0 Å². The Morgan fingerprint density at radius 3 is 2.50 bits per heavy atom. The van der Waals surface area contributed by atoms with E-state index in [1.54, 1.807) is 0 Å². The van der Waals surface area contributed by atoms with Gasteiger partial charge in [0.25, 0.3) is 0 Å². The molecule has 0 aliphatic carbocycles. The Balaban J connectivity index is 2.35. The second-order valence-electron chi connectivity index (χ2n) is 3.71. The molecule has 0 unspecified atom stereocenters. The van der Waals surface area contributed by atoms with E-state index >= 15 is 0 Å². The first kappa shape index (κ1) is 12.7. The highest BCUT2D eigenvalue weighted by Crippen LogP contribution is 2.01. The minimum atomic E-state index is 0.153. The van der Waals surface area contributed by atoms with Gasteiger partial charge in [0.2, 0.25) is 0 Å². The van der Waals surface area contributed by atoms with Crippen molar-refractivity contribution >= 4 is 0 Å². The van der Waals surface area contributed by atoms with Crippen LogP contribution in [0.2, 0.25) is 0 Å². The average molecular weight is 218 g/mol. The summed E-state index contributed by atoms with van der Waals surface area (Å²) in [5.41, 5.74) is 1.29. The molecule has 1 aromatic rings. The summed E-state index contributed by atoms with van der Waals surface area (Å²) in [7, 11) is 0. The van der Waals surface area contributed by atoms with Gasteiger partial charge in [-0.1, -0.05) is 30.3 Å². The molecule has 0 spiro atoms. The fourth-order valence-electron chi connectivity index (χ4n) is 1.62. The standard InChI is InChI=1S/C13H18N2O/c14-8-4-9-15(11-12-16)10-7-13-5-2-1-3-6-13/h1-3,5-6,16H,4,7,9-12H2. The summed E-state index contributed by atoms with van der Waals surface area (Å²) in [5, 5.41) is 17.4. The van der Waals surface area contributed by atoms with Crippen LogP contribution in [0, 0.1) is 11.3 Å². The van der Waals surface area contributed by atoms with Crippen molar-refractivity contribution in [1.82, 2.24) is 4.90 Å². The molecule has 0 amide bonds. The van der Waals surface area contributed by atoms with Crippen molar-refractivity contribution in [3.63, 3.8) is 0 Å². The summed E-state index contributed by atoms with van der Waals surface area (Å²) < 4.78 is 0. The van der Waals surface area contributed by atoms with E-state index in [2.05, 4.69) is 23.1 Å². The van der Waals surface area contributed by atoms with Crippen molar-refractivity contribution in [2.45, 2.75) is 12.8 Å². The number of hydrogen-bond acceptors (Lipinski definition) is 3. The Hall–Kier alpha value is -1.37. The molecule has 86 valence electrons. The molecule has 0 bridgehead atoms. The minimum Gasteiger partial charge on any atom is -0.395 e. The van der Waals surface area contributed by atoms with Crippen LogP contribution in [0.3, 0.4) is 0 Å². The highest BCUT2D eigenvalue weighted by Gasteiger charge is 2.03. The molecule has 0 radical (unpaired) electrons. The summed E-state index contributed by atoms with van der Waals surface area (Å²) >= 11 is 0. The summed E-state index contributed by atoms with van der Waals surface area (Å²) in [5.74, 6) is 0. The lowest BCUT2D eigenvalue weighted by atomic mass is 10.1. The van der Waals surface area contributed by atoms with Crippen LogP contribution in [0.25, 0.3) is 0 Å². The largest absolute Gasteiger partial charge is 0.395 e. The minimum absolute atomic E-state index is 0.153. The number of rotatable bonds is 7. The zero-order valence-electron chi connectivity index (χ0n) is 9.47. The van der Waals surface area contributed by atoms with E-state index in [0.717, 1.165) is 19.5 Å². The zero-order chi connectivity index (χ0) is 11.6. The van der Waals surface area contributed by atoms with Crippen molar-refractivity contribution in [2.75, 3.05) is 26.2 Å². The molecule has 0 saturated heterocycles. The van der Waals surface area contributed by atoms with Gasteiger partial charge < -0.3 is 5.11 Å². The molecule has 0 aliphatic heterocycles. The van der Waals surface area contributed by atoms with Gasteiger partial charge >= 0.3 is 0 Å². The SMILES string of the molecule is N#CCCN(CCO)CCc1ccccc1. The maximum Gasteiger partial charge on any atom is 0.0635 e. The van der Waals surface area contributed by atoms with Gasteiger partial charge in [-0.3, -0.25) is 4.90 Å². The molecule has 3 heteroatoms. The third-order valence-corrected chi connectivity index (χ3v) is 2.52. The summed E-state index contributed by atoms with van der Waals surface area (Å²) in [6.07, 6.45) is 1.49. The highest BCUT2D eigenvalue weighted by molar-refractivity contribution is 5.14. The molecule has 3 nitrogen and oxygen atoms in total. The molecule has 0 atom stereocenters. The Labute approximate surface area is 96.9 Å². The van der Waals surface area contributed by atoms with Crippen molar-refractivity contribution in [2.24, 2.45) is 0 Å². The Kier molecular flexibility index (Phi) is 6.24. The van der Waals surface area contributed by atoms with Crippen molar-refractivity contribution < 1.29 is 5.11 Å². The molecular formula is C13H18N2O. The van der Waals surface area contributed by atoms with Crippen LogP contribution >= 0.6 is 0 Å². The Bertz CT molecular complexity index is 318. The second-order valence-corrected chi connectivity index (χ2v) is 3.71. The lowest BCUT2D eigenvalue weighted by molar-refractivity contribution is 0.200. The van der Waals surface area contributed by atoms with Gasteiger partial charge in [0.1, 0.15) is 0 Å². The number of nitrogens with zero attached hydrogens (tertiary/aromatic N) is 2. The van der Waals surface area contributed by atoms with Crippen LogP contribution in [-0.4, -0.2) is 36.2 Å². The van der Waals surface area contributed by atoms with E-state index in [-0.39, 0.29) is 6.61 Å². The van der Waals surface area contributed by atoms with E-state index in [1.165, 1.54) is 5.56 Å². The molecule has 0 saturated carbocycles. The normalized spacial score (nSPS) is 10.3. The Morgan fingerprint density at radius 2 is 1.88 bits per heavy atom. The number of aliphatic hydroxyl groups excluding tert-OH is 1. The second kappa shape index (κ2) is 7.86. The highest BCUT2D eigenvalue weighted by atomic mass is 16.3. The quantitative estimate of drug-likeness (QED) is 0.753. The first-order chi connectivity index (χ1) is 7.86. The summed E-state index contributed by atoms with van der Waals surface area (Å²) in [6.45, 7) is 2.44. The topological polar surface area (TPSA) is 47.3 Å². The van der Waals surface area contributed by atoms with Gasteiger partial charge in [0.05, 0.1) is 12.7 Å². The van der Waals surface area contributed by atoms with Crippen LogP contribution < -0.4 is 0 Å². The fourth-order valence-corrected chi connectivity index (χ4v) is 1.62. The number of nitriles is 1. The maximum absolute atomic E-state index is 8.91. The lowest BCUT2D eigenvalue weighted by Crippen LogP contribution is -2.30. The number of benzene rings is 1. The average Bonchev–Trinajstić information content (AvgIpc) is 2.34. The van der Waals surface area contributed by atoms with E-state index in [1.807, 2.05) is 18.2 Å². The van der Waals surface area contributed by atoms with E-state index in [0.29, 0.717) is 13.0 Å². The summed E-state index contributed by atoms with van der Waals surface area (Å²) in [6, 6.07) is 12.4. The first-order valence-corrected chi connectivity index (χ1v) is 5.61. The van der Waals surface area contributed by atoms with Gasteiger partial charge in [-0.15, -0.1) is 0 Å². The predicted molar refractivity (Wildman–Crippen MR) is 63.9 cm³/mol. The molecule has 1 N–H and O–H groups in total. The first-order valence-electron chi connectivity index (χ1n) is 5.61. The number of aliphatic hydroxyl groups is 1. The van der Waals surface area contributed by atoms with Crippen LogP contribution in [-0.2, 0) is 6.42 Å². The van der Waals surface area contributed by atoms with E-state index in [4.69, 9.17) is 10.4 Å².